The first-order valence-corrected chi connectivity index (χ1v) is 8.20. The largest absolute Gasteiger partial charge is 0.479 e. The molecule has 2 N–H and O–H groups in total. The summed E-state index contributed by atoms with van der Waals surface area (Å²) in [6.45, 7) is 2.03. The summed E-state index contributed by atoms with van der Waals surface area (Å²) in [5.41, 5.74) is 2.19. The van der Waals surface area contributed by atoms with Crippen LogP contribution < -0.4 is 5.32 Å². The van der Waals surface area contributed by atoms with Gasteiger partial charge in [0, 0.05) is 18.4 Å². The second kappa shape index (κ2) is 8.78. The fourth-order valence-electron chi connectivity index (χ4n) is 2.46. The third kappa shape index (κ3) is 5.28. The average molecular weight is 339 g/mol. The van der Waals surface area contributed by atoms with E-state index in [2.05, 4.69) is 5.32 Å². The van der Waals surface area contributed by atoms with E-state index in [0.29, 0.717) is 11.1 Å². The van der Waals surface area contributed by atoms with Gasteiger partial charge in [0.25, 0.3) is 0 Å². The van der Waals surface area contributed by atoms with Crippen molar-refractivity contribution in [2.24, 2.45) is 0 Å². The number of carbonyl (C=O) groups is 3. The Hall–Kier alpha value is -2.95. The molecule has 5 nitrogen and oxygen atoms in total. The number of aliphatic carboxylic acids is 1. The van der Waals surface area contributed by atoms with Crippen molar-refractivity contribution < 1.29 is 19.5 Å². The number of hydrogen-bond donors (Lipinski definition) is 2. The Kier molecular flexibility index (Phi) is 6.46. The minimum absolute atomic E-state index is 0.0401. The van der Waals surface area contributed by atoms with Crippen LogP contribution in [-0.2, 0) is 16.0 Å². The van der Waals surface area contributed by atoms with Crippen LogP contribution in [0, 0.1) is 0 Å². The lowest BCUT2D eigenvalue weighted by Crippen LogP contribution is -2.33. The Labute approximate surface area is 146 Å². The summed E-state index contributed by atoms with van der Waals surface area (Å²) in [5, 5.41) is 11.8. The third-order valence-corrected chi connectivity index (χ3v) is 3.95. The first kappa shape index (κ1) is 18.4. The number of ketones is 1. The summed E-state index contributed by atoms with van der Waals surface area (Å²) in [6, 6.07) is 14.6. The SMILES string of the molecule is CCc1ccc(C(=O)CCC(=O)N[C@H](C(=O)O)c2ccccc2)cc1. The molecule has 0 spiro atoms. The van der Waals surface area contributed by atoms with Crippen LogP contribution >= 0.6 is 0 Å². The normalized spacial score (nSPS) is 11.6. The second-order valence-electron chi connectivity index (χ2n) is 5.72. The predicted octanol–water partition coefficient (Wildman–Crippen LogP) is 3.15. The van der Waals surface area contributed by atoms with E-state index in [-0.39, 0.29) is 18.6 Å². The summed E-state index contributed by atoms with van der Waals surface area (Å²) in [5.74, 6) is -1.74. The fourth-order valence-corrected chi connectivity index (χ4v) is 2.46. The van der Waals surface area contributed by atoms with Gasteiger partial charge in [-0.2, -0.15) is 0 Å². The van der Waals surface area contributed by atoms with E-state index in [9.17, 15) is 19.5 Å². The Bertz CT molecular complexity index is 738. The van der Waals surface area contributed by atoms with Crippen LogP contribution in [0.25, 0.3) is 0 Å². The van der Waals surface area contributed by atoms with Crippen molar-refractivity contribution in [1.29, 1.82) is 0 Å². The predicted molar refractivity (Wildman–Crippen MR) is 94.3 cm³/mol. The van der Waals surface area contributed by atoms with Gasteiger partial charge in [-0.3, -0.25) is 9.59 Å². The Morgan fingerprint density at radius 2 is 1.60 bits per heavy atom. The van der Waals surface area contributed by atoms with E-state index in [1.54, 1.807) is 42.5 Å². The van der Waals surface area contributed by atoms with Gasteiger partial charge in [-0.1, -0.05) is 61.5 Å². The third-order valence-electron chi connectivity index (χ3n) is 3.95. The van der Waals surface area contributed by atoms with Crippen LogP contribution in [0.15, 0.2) is 54.6 Å². The smallest absolute Gasteiger partial charge is 0.330 e. The van der Waals surface area contributed by atoms with Crippen molar-refractivity contribution in [2.45, 2.75) is 32.2 Å². The molecule has 2 aromatic rings. The standard InChI is InChI=1S/C20H21NO4/c1-2-14-8-10-15(11-9-14)17(22)12-13-18(23)21-19(20(24)25)16-6-4-3-5-7-16/h3-11,19H,2,12-13H2,1H3,(H,21,23)(H,24,25)/t19-/m0/s1. The zero-order valence-corrected chi connectivity index (χ0v) is 14.1. The maximum atomic E-state index is 12.1. The molecule has 0 saturated heterocycles. The van der Waals surface area contributed by atoms with Gasteiger partial charge in [0.05, 0.1) is 0 Å². The summed E-state index contributed by atoms with van der Waals surface area (Å²) in [4.78, 5) is 35.6. The zero-order chi connectivity index (χ0) is 18.2. The van der Waals surface area contributed by atoms with Crippen LogP contribution in [-0.4, -0.2) is 22.8 Å². The zero-order valence-electron chi connectivity index (χ0n) is 14.1. The van der Waals surface area contributed by atoms with E-state index < -0.39 is 17.9 Å². The number of rotatable bonds is 8. The highest BCUT2D eigenvalue weighted by atomic mass is 16.4. The molecule has 1 atom stereocenters. The van der Waals surface area contributed by atoms with Crippen molar-refractivity contribution >= 4 is 17.7 Å². The number of amides is 1. The molecule has 130 valence electrons. The lowest BCUT2D eigenvalue weighted by Gasteiger charge is -2.14. The highest BCUT2D eigenvalue weighted by molar-refractivity contribution is 5.98. The molecule has 5 heteroatoms. The lowest BCUT2D eigenvalue weighted by atomic mass is 10.0. The molecule has 0 aliphatic heterocycles. The first-order chi connectivity index (χ1) is 12.0. The summed E-state index contributed by atoms with van der Waals surface area (Å²) in [6.07, 6.45) is 0.885. The highest BCUT2D eigenvalue weighted by Crippen LogP contribution is 2.14. The number of hydrogen-bond acceptors (Lipinski definition) is 3. The maximum Gasteiger partial charge on any atom is 0.330 e. The molecule has 0 fully saturated rings. The van der Waals surface area contributed by atoms with Gasteiger partial charge >= 0.3 is 5.97 Å². The van der Waals surface area contributed by atoms with Crippen LogP contribution in [0.5, 0.6) is 0 Å². The molecule has 0 heterocycles. The van der Waals surface area contributed by atoms with Crippen molar-refractivity contribution in [3.8, 4) is 0 Å². The van der Waals surface area contributed by atoms with E-state index >= 15 is 0 Å². The molecule has 0 unspecified atom stereocenters. The number of carbonyl (C=O) groups excluding carboxylic acids is 2. The second-order valence-corrected chi connectivity index (χ2v) is 5.72. The quantitative estimate of drug-likeness (QED) is 0.724. The maximum absolute atomic E-state index is 12.1. The van der Waals surface area contributed by atoms with Gasteiger partial charge in [0.2, 0.25) is 5.91 Å². The van der Waals surface area contributed by atoms with Gasteiger partial charge in [-0.05, 0) is 17.5 Å². The number of carboxylic acid groups (broad SMARTS) is 1. The van der Waals surface area contributed by atoms with Gasteiger partial charge in [0.15, 0.2) is 11.8 Å². The van der Waals surface area contributed by atoms with Crippen molar-refractivity contribution in [3.63, 3.8) is 0 Å². The fraction of sp³-hybridized carbons (Fsp3) is 0.250. The topological polar surface area (TPSA) is 83.5 Å². The van der Waals surface area contributed by atoms with Gasteiger partial charge in [0.1, 0.15) is 0 Å². The van der Waals surface area contributed by atoms with E-state index in [0.717, 1.165) is 12.0 Å². The molecular weight excluding hydrogens is 318 g/mol. The molecule has 2 aromatic carbocycles. The molecule has 0 aliphatic carbocycles. The van der Waals surface area contributed by atoms with E-state index in [1.165, 1.54) is 0 Å². The lowest BCUT2D eigenvalue weighted by molar-refractivity contribution is -0.142. The van der Waals surface area contributed by atoms with Crippen molar-refractivity contribution in [1.82, 2.24) is 5.32 Å². The van der Waals surface area contributed by atoms with E-state index in [1.807, 2.05) is 19.1 Å². The molecule has 0 aromatic heterocycles. The van der Waals surface area contributed by atoms with E-state index in [4.69, 9.17) is 0 Å². The monoisotopic (exact) mass is 339 g/mol. The molecule has 0 radical (unpaired) electrons. The van der Waals surface area contributed by atoms with Crippen molar-refractivity contribution in [3.05, 3.63) is 71.3 Å². The Balaban J connectivity index is 1.92. The van der Waals surface area contributed by atoms with Gasteiger partial charge in [-0.25, -0.2) is 4.79 Å². The summed E-state index contributed by atoms with van der Waals surface area (Å²) >= 11 is 0. The van der Waals surface area contributed by atoms with Crippen LogP contribution in [0.2, 0.25) is 0 Å². The molecule has 25 heavy (non-hydrogen) atoms. The molecule has 0 aliphatic rings. The summed E-state index contributed by atoms with van der Waals surface area (Å²) in [7, 11) is 0. The summed E-state index contributed by atoms with van der Waals surface area (Å²) < 4.78 is 0. The molecule has 2 rings (SSSR count). The van der Waals surface area contributed by atoms with Crippen LogP contribution in [0.4, 0.5) is 0 Å². The average Bonchev–Trinajstić information content (AvgIpc) is 2.64. The van der Waals surface area contributed by atoms with Crippen LogP contribution in [0.1, 0.15) is 47.3 Å². The molecule has 0 bridgehead atoms. The number of nitrogens with one attached hydrogen (secondary N) is 1. The molecular formula is C20H21NO4. The number of benzene rings is 2. The van der Waals surface area contributed by atoms with Gasteiger partial charge < -0.3 is 10.4 Å². The minimum atomic E-state index is -1.14. The molecule has 0 saturated carbocycles. The number of aryl methyl sites for hydroxylation is 1. The number of carboxylic acids is 1. The highest BCUT2D eigenvalue weighted by Gasteiger charge is 2.22. The van der Waals surface area contributed by atoms with Gasteiger partial charge in [-0.15, -0.1) is 0 Å². The first-order valence-electron chi connectivity index (χ1n) is 8.20. The Morgan fingerprint density at radius 3 is 2.16 bits per heavy atom. The van der Waals surface area contributed by atoms with Crippen LogP contribution in [0.3, 0.4) is 0 Å². The number of Topliss-reactive ketones (excluding diaryl/α,β-unsaturated/α-hetero) is 1. The molecule has 1 amide bonds. The minimum Gasteiger partial charge on any atom is -0.479 e. The Morgan fingerprint density at radius 1 is 0.960 bits per heavy atom. The van der Waals surface area contributed by atoms with Crippen molar-refractivity contribution in [2.75, 3.05) is 0 Å².